The van der Waals surface area contributed by atoms with Crippen molar-refractivity contribution in [1.82, 2.24) is 24.2 Å². The summed E-state index contributed by atoms with van der Waals surface area (Å²) in [4.78, 5) is 33.2. The third kappa shape index (κ3) is 4.82. The monoisotopic (exact) mass is 602 g/mol. The third-order valence-electron chi connectivity index (χ3n) is 7.48. The number of carbonyl (C=O) groups excluding carboxylic acids is 1. The summed E-state index contributed by atoms with van der Waals surface area (Å²) in [5.41, 5.74) is -2.53. The molecule has 0 saturated carbocycles. The topological polar surface area (TPSA) is 76.3 Å². The first-order valence-electron chi connectivity index (χ1n) is 13.0. The molecule has 1 saturated heterocycles. The summed E-state index contributed by atoms with van der Waals surface area (Å²) in [6, 6.07) is 4.58. The van der Waals surface area contributed by atoms with Crippen molar-refractivity contribution in [2.24, 2.45) is 0 Å². The zero-order chi connectivity index (χ0) is 29.8. The molecule has 14 heteroatoms. The van der Waals surface area contributed by atoms with Crippen LogP contribution in [0, 0.1) is 11.6 Å². The molecule has 1 atom stereocenters. The van der Waals surface area contributed by atoms with E-state index in [1.54, 1.807) is 32.9 Å². The van der Waals surface area contributed by atoms with Gasteiger partial charge in [-0.15, -0.1) is 11.8 Å². The molecule has 1 unspecified atom stereocenters. The number of anilines is 1. The van der Waals surface area contributed by atoms with Gasteiger partial charge in [0.1, 0.15) is 17.5 Å². The van der Waals surface area contributed by atoms with Gasteiger partial charge in [-0.2, -0.15) is 23.3 Å². The molecule has 6 rings (SSSR count). The maximum absolute atomic E-state index is 15.2. The van der Waals surface area contributed by atoms with Crippen molar-refractivity contribution in [1.29, 1.82) is 0 Å². The number of aromatic nitrogens is 4. The first kappa shape index (κ1) is 27.9. The van der Waals surface area contributed by atoms with Gasteiger partial charge < -0.3 is 9.80 Å². The number of rotatable bonds is 4. The van der Waals surface area contributed by atoms with E-state index < -0.39 is 46.2 Å². The summed E-state index contributed by atoms with van der Waals surface area (Å²) in [6.07, 6.45) is -0.495. The second kappa shape index (κ2) is 10.6. The molecule has 0 N–H and O–H groups in total. The van der Waals surface area contributed by atoms with Crippen molar-refractivity contribution in [3.63, 3.8) is 0 Å². The lowest BCUT2D eigenvalue weighted by atomic mass is 9.95. The molecule has 4 aromatic rings. The van der Waals surface area contributed by atoms with Gasteiger partial charge >= 0.3 is 11.9 Å². The number of halogens is 5. The van der Waals surface area contributed by atoms with Crippen LogP contribution in [0.4, 0.5) is 27.8 Å². The lowest BCUT2D eigenvalue weighted by Crippen LogP contribution is -2.49. The highest BCUT2D eigenvalue weighted by molar-refractivity contribution is 7.99. The Morgan fingerprint density at radius 1 is 1.12 bits per heavy atom. The number of piperazine rings is 1. The summed E-state index contributed by atoms with van der Waals surface area (Å²) in [7, 11) is 0. The van der Waals surface area contributed by atoms with Crippen molar-refractivity contribution in [3.05, 3.63) is 83.1 Å². The normalized spacial score (nSPS) is 17.4. The predicted octanol–water partition coefficient (Wildman–Crippen LogP) is 4.74. The Labute approximate surface area is 240 Å². The molecule has 2 aromatic heterocycles. The van der Waals surface area contributed by atoms with Crippen molar-refractivity contribution in [2.75, 3.05) is 36.8 Å². The van der Waals surface area contributed by atoms with Gasteiger partial charge in [0, 0.05) is 71.8 Å². The van der Waals surface area contributed by atoms with Gasteiger partial charge in [-0.1, -0.05) is 6.58 Å². The standard InChI is InChI=1S/C28H23F5N6O2S/c1-2-22(40)36-8-10-37(11-9-36)26-19-13-20(28(31,32)33)23(18-5-4-16(29)12-21(18)30)25-24(19)38(27(41)35-26)14-17(15-42-25)39-7-3-6-34-39/h2-7,12-13,17H,1,8-11,14-15H2. The molecule has 1 amide bonds. The Kier molecular flexibility index (Phi) is 7.03. The van der Waals surface area contributed by atoms with Crippen LogP contribution in [0.2, 0.25) is 0 Å². The Balaban J connectivity index is 1.63. The lowest BCUT2D eigenvalue weighted by molar-refractivity contribution is -0.137. The van der Waals surface area contributed by atoms with E-state index in [0.29, 0.717) is 6.07 Å². The molecule has 218 valence electrons. The van der Waals surface area contributed by atoms with E-state index in [0.717, 1.165) is 30.0 Å². The van der Waals surface area contributed by atoms with Crippen LogP contribution in [0.5, 0.6) is 0 Å². The fourth-order valence-corrected chi connectivity index (χ4v) is 6.83. The highest BCUT2D eigenvalue weighted by Gasteiger charge is 2.39. The van der Waals surface area contributed by atoms with E-state index in [1.807, 2.05) is 0 Å². The van der Waals surface area contributed by atoms with E-state index >= 15 is 4.39 Å². The minimum atomic E-state index is -4.93. The molecule has 42 heavy (non-hydrogen) atoms. The second-order valence-corrected chi connectivity index (χ2v) is 11.0. The first-order chi connectivity index (χ1) is 20.1. The van der Waals surface area contributed by atoms with E-state index in [-0.39, 0.29) is 66.0 Å². The number of carbonyl (C=O) groups is 1. The van der Waals surface area contributed by atoms with E-state index in [9.17, 15) is 27.2 Å². The van der Waals surface area contributed by atoms with Crippen LogP contribution in [-0.4, -0.2) is 62.1 Å². The summed E-state index contributed by atoms with van der Waals surface area (Å²) in [6.45, 7) is 4.50. The Bertz CT molecular complexity index is 1760. The smallest absolute Gasteiger partial charge is 0.352 e. The second-order valence-electron chi connectivity index (χ2n) is 9.94. The van der Waals surface area contributed by atoms with Gasteiger partial charge in [-0.3, -0.25) is 14.0 Å². The first-order valence-corrected chi connectivity index (χ1v) is 14.0. The SMILES string of the molecule is C=CC(=O)N1CCN(c2nc(=O)n3c4c(c(-c5ccc(F)cc5F)c(C(F)(F)F)cc24)SCC(n2cccn2)C3)CC1. The summed E-state index contributed by atoms with van der Waals surface area (Å²) < 4.78 is 76.2. The average Bonchev–Trinajstić information content (AvgIpc) is 3.42. The van der Waals surface area contributed by atoms with Crippen LogP contribution in [0.15, 0.2) is 65.1 Å². The highest BCUT2D eigenvalue weighted by Crippen LogP contribution is 2.49. The fourth-order valence-electron chi connectivity index (χ4n) is 5.49. The average molecular weight is 603 g/mol. The molecule has 0 spiro atoms. The van der Waals surface area contributed by atoms with Crippen LogP contribution in [0.1, 0.15) is 11.6 Å². The Morgan fingerprint density at radius 2 is 1.88 bits per heavy atom. The summed E-state index contributed by atoms with van der Waals surface area (Å²) >= 11 is 1.05. The Morgan fingerprint density at radius 3 is 2.52 bits per heavy atom. The number of thioether (sulfide) groups is 1. The predicted molar refractivity (Wildman–Crippen MR) is 147 cm³/mol. The molecule has 8 nitrogen and oxygen atoms in total. The van der Waals surface area contributed by atoms with Crippen molar-refractivity contribution >= 4 is 34.4 Å². The third-order valence-corrected chi connectivity index (χ3v) is 8.72. The number of hydrogen-bond donors (Lipinski definition) is 0. The molecule has 0 radical (unpaired) electrons. The summed E-state index contributed by atoms with van der Waals surface area (Å²) in [5, 5.41) is 4.33. The molecular weight excluding hydrogens is 579 g/mol. The van der Waals surface area contributed by atoms with Crippen LogP contribution >= 0.6 is 11.8 Å². The van der Waals surface area contributed by atoms with Crippen LogP contribution in [-0.2, 0) is 17.5 Å². The van der Waals surface area contributed by atoms with Gasteiger partial charge in [-0.25, -0.2) is 13.6 Å². The molecular formula is C28H23F5N6O2S. The Hall–Kier alpha value is -4.20. The zero-order valence-corrected chi connectivity index (χ0v) is 22.8. The maximum atomic E-state index is 15.2. The zero-order valence-electron chi connectivity index (χ0n) is 21.9. The van der Waals surface area contributed by atoms with Crippen molar-refractivity contribution in [3.8, 4) is 11.1 Å². The quantitative estimate of drug-likeness (QED) is 0.248. The lowest BCUT2D eigenvalue weighted by Gasteiger charge is -2.35. The minimum Gasteiger partial charge on any atom is -0.352 e. The molecule has 2 aliphatic rings. The molecule has 1 fully saturated rings. The number of amides is 1. The van der Waals surface area contributed by atoms with E-state index in [1.165, 1.54) is 10.6 Å². The summed E-state index contributed by atoms with van der Waals surface area (Å²) in [5.74, 6) is -2.10. The van der Waals surface area contributed by atoms with Crippen LogP contribution in [0.3, 0.4) is 0 Å². The molecule has 4 heterocycles. The number of benzene rings is 2. The van der Waals surface area contributed by atoms with Crippen molar-refractivity contribution in [2.45, 2.75) is 23.7 Å². The fraction of sp³-hybridized carbons (Fsp3) is 0.286. The van der Waals surface area contributed by atoms with Crippen LogP contribution < -0.4 is 10.6 Å². The van der Waals surface area contributed by atoms with Crippen molar-refractivity contribution < 1.29 is 26.7 Å². The van der Waals surface area contributed by atoms with Gasteiger partial charge in [0.2, 0.25) is 5.91 Å². The largest absolute Gasteiger partial charge is 0.417 e. The molecule has 0 bridgehead atoms. The minimum absolute atomic E-state index is 0.0428. The number of hydrogen-bond acceptors (Lipinski definition) is 6. The highest BCUT2D eigenvalue weighted by atomic mass is 32.2. The number of alkyl halides is 3. The number of nitrogens with zero attached hydrogens (tertiary/aromatic N) is 6. The van der Waals surface area contributed by atoms with E-state index in [4.69, 9.17) is 0 Å². The van der Waals surface area contributed by atoms with Gasteiger partial charge in [-0.05, 0) is 30.3 Å². The van der Waals surface area contributed by atoms with Gasteiger partial charge in [0.15, 0.2) is 0 Å². The van der Waals surface area contributed by atoms with E-state index in [2.05, 4.69) is 16.7 Å². The molecule has 2 aliphatic heterocycles. The molecule has 0 aliphatic carbocycles. The molecule has 2 aromatic carbocycles. The van der Waals surface area contributed by atoms with Gasteiger partial charge in [0.25, 0.3) is 0 Å². The van der Waals surface area contributed by atoms with Crippen LogP contribution in [0.25, 0.3) is 22.0 Å². The maximum Gasteiger partial charge on any atom is 0.417 e. The van der Waals surface area contributed by atoms with Gasteiger partial charge in [0.05, 0.1) is 23.7 Å².